The van der Waals surface area contributed by atoms with E-state index >= 15 is 0 Å². The first-order chi connectivity index (χ1) is 11.0. The second-order valence-electron chi connectivity index (χ2n) is 4.95. The molecule has 3 rings (SSSR count). The Morgan fingerprint density at radius 3 is 2.91 bits per heavy atom. The molecule has 120 valence electrons. The van der Waals surface area contributed by atoms with Crippen molar-refractivity contribution in [1.82, 2.24) is 15.1 Å². The third kappa shape index (κ3) is 3.07. The zero-order valence-corrected chi connectivity index (χ0v) is 12.3. The van der Waals surface area contributed by atoms with E-state index in [4.69, 9.17) is 9.47 Å². The van der Waals surface area contributed by atoms with Gasteiger partial charge in [0.25, 0.3) is 5.91 Å². The van der Waals surface area contributed by atoms with Crippen LogP contribution < -0.4 is 14.8 Å². The highest BCUT2D eigenvalue weighted by Gasteiger charge is 2.17. The summed E-state index contributed by atoms with van der Waals surface area (Å²) in [6, 6.07) is 6.33. The highest BCUT2D eigenvalue weighted by atomic mass is 16.7. The molecule has 1 aromatic heterocycles. The van der Waals surface area contributed by atoms with Crippen molar-refractivity contribution in [3.63, 3.8) is 0 Å². The Kier molecular flexibility index (Phi) is 3.83. The molecule has 0 atom stereocenters. The number of nitro groups is 1. The maximum Gasteiger partial charge on any atom is 0.390 e. The lowest BCUT2D eigenvalue weighted by Gasteiger charge is -2.05. The molecule has 0 aliphatic carbocycles. The molecule has 2 aromatic rings. The monoisotopic (exact) mass is 318 g/mol. The number of benzene rings is 1. The van der Waals surface area contributed by atoms with E-state index in [-0.39, 0.29) is 18.5 Å². The number of fused-ring (bicyclic) bond motifs is 1. The van der Waals surface area contributed by atoms with Crippen LogP contribution in [0.25, 0.3) is 0 Å². The number of ether oxygens (including phenoxy) is 2. The van der Waals surface area contributed by atoms with E-state index in [1.807, 2.05) is 0 Å². The van der Waals surface area contributed by atoms with Crippen LogP contribution in [-0.4, -0.2) is 33.9 Å². The Morgan fingerprint density at radius 1 is 1.39 bits per heavy atom. The van der Waals surface area contributed by atoms with Crippen LogP contribution in [0.15, 0.2) is 24.3 Å². The van der Waals surface area contributed by atoms with Gasteiger partial charge in [-0.25, -0.2) is 0 Å². The summed E-state index contributed by atoms with van der Waals surface area (Å²) in [5.41, 5.74) is 1.12. The molecule has 1 amide bonds. The van der Waals surface area contributed by atoms with Crippen molar-refractivity contribution in [3.8, 4) is 11.5 Å². The molecule has 0 saturated carbocycles. The number of aromatic nitrogens is 2. The maximum absolute atomic E-state index is 12.1. The normalized spacial score (nSPS) is 12.2. The third-order valence-corrected chi connectivity index (χ3v) is 3.40. The molecule has 0 bridgehead atoms. The van der Waals surface area contributed by atoms with Crippen LogP contribution in [0.4, 0.5) is 5.82 Å². The van der Waals surface area contributed by atoms with Gasteiger partial charge in [0.2, 0.25) is 6.79 Å². The molecular weight excluding hydrogens is 304 g/mol. The van der Waals surface area contributed by atoms with Gasteiger partial charge < -0.3 is 24.9 Å². The summed E-state index contributed by atoms with van der Waals surface area (Å²) < 4.78 is 11.9. The summed E-state index contributed by atoms with van der Waals surface area (Å²) >= 11 is 0. The number of hydrogen-bond acceptors (Lipinski definition) is 6. The molecule has 0 fully saturated rings. The number of aryl methyl sites for hydroxylation is 1. The number of carbonyl (C=O) groups is 1. The van der Waals surface area contributed by atoms with E-state index in [0.29, 0.717) is 35.8 Å². The Hall–Kier alpha value is -3.10. The molecule has 23 heavy (non-hydrogen) atoms. The van der Waals surface area contributed by atoms with Gasteiger partial charge in [0.15, 0.2) is 11.5 Å². The number of nitrogens with zero attached hydrogens (tertiary/aromatic N) is 3. The van der Waals surface area contributed by atoms with Crippen LogP contribution in [-0.2, 0) is 6.54 Å². The highest BCUT2D eigenvalue weighted by Crippen LogP contribution is 2.32. The molecule has 0 saturated heterocycles. The first-order valence-corrected chi connectivity index (χ1v) is 6.91. The number of carbonyl (C=O) groups excluding carboxylic acids is 1. The minimum absolute atomic E-state index is 0.151. The van der Waals surface area contributed by atoms with Crippen molar-refractivity contribution in [1.29, 1.82) is 0 Å². The summed E-state index contributed by atoms with van der Waals surface area (Å²) in [5, 5.41) is 17.3. The summed E-state index contributed by atoms with van der Waals surface area (Å²) in [5.74, 6) is 0.685. The predicted octanol–water partition coefficient (Wildman–Crippen LogP) is 1.26. The van der Waals surface area contributed by atoms with Crippen LogP contribution in [0.2, 0.25) is 0 Å². The minimum Gasteiger partial charge on any atom is -0.454 e. The largest absolute Gasteiger partial charge is 0.454 e. The smallest absolute Gasteiger partial charge is 0.390 e. The van der Waals surface area contributed by atoms with Gasteiger partial charge in [-0.1, -0.05) is 0 Å². The van der Waals surface area contributed by atoms with Crippen molar-refractivity contribution in [2.45, 2.75) is 13.5 Å². The molecule has 9 heteroatoms. The summed E-state index contributed by atoms with van der Waals surface area (Å²) in [6.07, 6.45) is 0. The Balaban J connectivity index is 1.58. The van der Waals surface area contributed by atoms with E-state index < -0.39 is 4.92 Å². The number of amides is 1. The van der Waals surface area contributed by atoms with E-state index in [1.165, 1.54) is 10.7 Å². The van der Waals surface area contributed by atoms with Gasteiger partial charge in [-0.05, 0) is 30.0 Å². The molecule has 0 spiro atoms. The molecule has 1 aliphatic heterocycles. The SMILES string of the molecule is Cc1cc([N+](=O)[O-])nn1CCNC(=O)c1ccc2c(c1)OCO2. The predicted molar refractivity (Wildman–Crippen MR) is 78.5 cm³/mol. The van der Waals surface area contributed by atoms with E-state index in [9.17, 15) is 14.9 Å². The summed E-state index contributed by atoms with van der Waals surface area (Å²) in [4.78, 5) is 22.2. The third-order valence-electron chi connectivity index (χ3n) is 3.40. The summed E-state index contributed by atoms with van der Waals surface area (Å²) in [6.45, 7) is 2.51. The topological polar surface area (TPSA) is 109 Å². The van der Waals surface area contributed by atoms with E-state index in [0.717, 1.165) is 0 Å². The van der Waals surface area contributed by atoms with Crippen molar-refractivity contribution in [2.24, 2.45) is 0 Å². The lowest BCUT2D eigenvalue weighted by Crippen LogP contribution is -2.27. The van der Waals surface area contributed by atoms with Gasteiger partial charge in [0.05, 0.1) is 23.4 Å². The molecule has 2 heterocycles. The molecule has 9 nitrogen and oxygen atoms in total. The second-order valence-corrected chi connectivity index (χ2v) is 4.95. The van der Waals surface area contributed by atoms with Crippen LogP contribution in [0, 0.1) is 17.0 Å². The number of nitrogens with one attached hydrogen (secondary N) is 1. The van der Waals surface area contributed by atoms with E-state index in [1.54, 1.807) is 25.1 Å². The van der Waals surface area contributed by atoms with Crippen molar-refractivity contribution in [2.75, 3.05) is 13.3 Å². The lowest BCUT2D eigenvalue weighted by atomic mass is 10.2. The Labute approximate surface area is 131 Å². The fourth-order valence-corrected chi connectivity index (χ4v) is 2.22. The number of hydrogen-bond donors (Lipinski definition) is 1. The van der Waals surface area contributed by atoms with E-state index in [2.05, 4.69) is 10.4 Å². The minimum atomic E-state index is -0.547. The van der Waals surface area contributed by atoms with Crippen LogP contribution >= 0.6 is 0 Å². The Bertz CT molecular complexity index is 771. The van der Waals surface area contributed by atoms with Crippen molar-refractivity contribution >= 4 is 11.7 Å². The molecule has 1 aromatic carbocycles. The van der Waals surface area contributed by atoms with Crippen LogP contribution in [0.3, 0.4) is 0 Å². The zero-order chi connectivity index (χ0) is 16.4. The maximum atomic E-state index is 12.1. The van der Waals surface area contributed by atoms with Gasteiger partial charge in [-0.3, -0.25) is 4.79 Å². The standard InChI is InChI=1S/C14H14N4O5/c1-9-6-13(18(20)21)16-17(9)5-4-15-14(19)10-2-3-11-12(7-10)23-8-22-11/h2-3,6-7H,4-5,8H2,1H3,(H,15,19). The molecule has 0 radical (unpaired) electrons. The Morgan fingerprint density at radius 2 is 2.17 bits per heavy atom. The molecule has 1 N–H and O–H groups in total. The van der Waals surface area contributed by atoms with Crippen LogP contribution in [0.5, 0.6) is 11.5 Å². The van der Waals surface area contributed by atoms with Crippen molar-refractivity contribution in [3.05, 3.63) is 45.6 Å². The van der Waals surface area contributed by atoms with Crippen LogP contribution in [0.1, 0.15) is 16.1 Å². The molecule has 1 aliphatic rings. The highest BCUT2D eigenvalue weighted by molar-refractivity contribution is 5.94. The van der Waals surface area contributed by atoms with Gasteiger partial charge >= 0.3 is 5.82 Å². The average Bonchev–Trinajstić information content (AvgIpc) is 3.13. The number of rotatable bonds is 5. The van der Waals surface area contributed by atoms with Gasteiger partial charge in [-0.2, -0.15) is 4.68 Å². The second kappa shape index (κ2) is 5.95. The van der Waals surface area contributed by atoms with Crippen molar-refractivity contribution < 1.29 is 19.2 Å². The molecular formula is C14H14N4O5. The fraction of sp³-hybridized carbons (Fsp3) is 0.286. The van der Waals surface area contributed by atoms with Gasteiger partial charge in [0, 0.05) is 12.1 Å². The first-order valence-electron chi connectivity index (χ1n) is 6.91. The lowest BCUT2D eigenvalue weighted by molar-refractivity contribution is -0.389. The van der Waals surface area contributed by atoms with Gasteiger partial charge in [-0.15, -0.1) is 0 Å². The fourth-order valence-electron chi connectivity index (χ4n) is 2.22. The summed E-state index contributed by atoms with van der Waals surface area (Å²) in [7, 11) is 0. The average molecular weight is 318 g/mol. The zero-order valence-electron chi connectivity index (χ0n) is 12.3. The first kappa shape index (κ1) is 14.8. The van der Waals surface area contributed by atoms with Gasteiger partial charge in [0.1, 0.15) is 0 Å². The molecule has 0 unspecified atom stereocenters. The quantitative estimate of drug-likeness (QED) is 0.656.